The molecule has 7 heteroatoms. The van der Waals surface area contributed by atoms with Crippen molar-refractivity contribution < 1.29 is 4.79 Å². The fourth-order valence-electron chi connectivity index (χ4n) is 4.31. The van der Waals surface area contributed by atoms with Crippen molar-refractivity contribution in [1.29, 1.82) is 0 Å². The van der Waals surface area contributed by atoms with E-state index in [4.69, 9.17) is 11.6 Å². The van der Waals surface area contributed by atoms with Crippen LogP contribution in [-0.2, 0) is 4.79 Å². The molecule has 0 bridgehead atoms. The molecule has 5 nitrogen and oxygen atoms in total. The maximum absolute atomic E-state index is 13.0. The number of carbonyl (C=O) groups is 1. The predicted molar refractivity (Wildman–Crippen MR) is 120 cm³/mol. The maximum atomic E-state index is 13.0. The van der Waals surface area contributed by atoms with Crippen LogP contribution < -0.4 is 15.1 Å². The van der Waals surface area contributed by atoms with Crippen LogP contribution in [0.4, 0.5) is 11.5 Å². The van der Waals surface area contributed by atoms with E-state index in [0.29, 0.717) is 17.8 Å². The Bertz CT molecular complexity index is 960. The molecule has 3 aliphatic rings. The van der Waals surface area contributed by atoms with Gasteiger partial charge in [0.05, 0.1) is 16.8 Å². The monoisotopic (exact) mass is 426 g/mol. The molecular weight excluding hydrogens is 404 g/mol. The molecule has 0 spiro atoms. The number of benzene rings is 1. The molecule has 0 radical (unpaired) electrons. The number of hydrogen-bond donors (Lipinski definition) is 1. The van der Waals surface area contributed by atoms with E-state index in [1.807, 2.05) is 42.4 Å². The van der Waals surface area contributed by atoms with Gasteiger partial charge in [0.25, 0.3) is 5.91 Å². The van der Waals surface area contributed by atoms with Gasteiger partial charge in [-0.25, -0.2) is 4.98 Å². The van der Waals surface area contributed by atoms with Crippen molar-refractivity contribution in [3.63, 3.8) is 0 Å². The first-order chi connectivity index (χ1) is 14.1. The molecular formula is C22H23ClN4OS. The third-order valence-electron chi connectivity index (χ3n) is 6.01. The van der Waals surface area contributed by atoms with E-state index in [0.717, 1.165) is 47.4 Å². The fraction of sp³-hybridized carbons (Fsp3) is 0.364. The highest BCUT2D eigenvalue weighted by atomic mass is 35.5. The van der Waals surface area contributed by atoms with E-state index in [2.05, 4.69) is 27.3 Å². The van der Waals surface area contributed by atoms with E-state index in [9.17, 15) is 4.79 Å². The van der Waals surface area contributed by atoms with E-state index >= 15 is 0 Å². The Morgan fingerprint density at radius 1 is 1.21 bits per heavy atom. The van der Waals surface area contributed by atoms with Gasteiger partial charge in [-0.05, 0) is 55.3 Å². The van der Waals surface area contributed by atoms with Gasteiger partial charge >= 0.3 is 0 Å². The number of likely N-dealkylation sites (N-methyl/N-ethyl adjacent to an activating group) is 1. The second kappa shape index (κ2) is 7.67. The van der Waals surface area contributed by atoms with Gasteiger partial charge in [0.2, 0.25) is 0 Å². The summed E-state index contributed by atoms with van der Waals surface area (Å²) in [5.74, 6) is 1.09. The Balaban J connectivity index is 1.25. The maximum Gasteiger partial charge on any atom is 0.265 e. The second-order valence-corrected chi connectivity index (χ2v) is 9.43. The summed E-state index contributed by atoms with van der Waals surface area (Å²) in [5, 5.41) is 4.38. The topological polar surface area (TPSA) is 48.5 Å². The minimum Gasteiger partial charge on any atom is -0.355 e. The zero-order valence-electron chi connectivity index (χ0n) is 16.3. The molecule has 150 valence electrons. The fourth-order valence-corrected chi connectivity index (χ4v) is 5.82. The van der Waals surface area contributed by atoms with Crippen LogP contribution in [0.3, 0.4) is 0 Å². The zero-order valence-corrected chi connectivity index (χ0v) is 17.8. The third kappa shape index (κ3) is 3.54. The van der Waals surface area contributed by atoms with E-state index < -0.39 is 0 Å². The van der Waals surface area contributed by atoms with Crippen molar-refractivity contribution in [3.8, 4) is 0 Å². The van der Waals surface area contributed by atoms with Gasteiger partial charge in [-0.2, -0.15) is 0 Å². The number of aromatic nitrogens is 1. The summed E-state index contributed by atoms with van der Waals surface area (Å²) in [4.78, 5) is 22.7. The molecule has 0 saturated carbocycles. The predicted octanol–water partition coefficient (Wildman–Crippen LogP) is 4.01. The van der Waals surface area contributed by atoms with Gasteiger partial charge < -0.3 is 15.1 Å². The lowest BCUT2D eigenvalue weighted by atomic mass is 10.1. The van der Waals surface area contributed by atoms with Crippen molar-refractivity contribution in [2.24, 2.45) is 0 Å². The number of hydrogen-bond acceptors (Lipinski definition) is 5. The van der Waals surface area contributed by atoms with Crippen molar-refractivity contribution in [3.05, 3.63) is 63.7 Å². The Hall–Kier alpha value is -2.02. The van der Waals surface area contributed by atoms with Gasteiger partial charge in [-0.15, -0.1) is 11.8 Å². The minimum atomic E-state index is 0.104. The molecule has 4 heterocycles. The van der Waals surface area contributed by atoms with Crippen LogP contribution in [0, 0.1) is 0 Å². The number of anilines is 2. The zero-order chi connectivity index (χ0) is 20.0. The summed E-state index contributed by atoms with van der Waals surface area (Å²) >= 11 is 7.68. The summed E-state index contributed by atoms with van der Waals surface area (Å²) in [7, 11) is 2.01. The highest BCUT2D eigenvalue weighted by molar-refractivity contribution is 8.04. The van der Waals surface area contributed by atoms with E-state index in [-0.39, 0.29) is 5.91 Å². The van der Waals surface area contributed by atoms with Gasteiger partial charge in [-0.1, -0.05) is 23.7 Å². The van der Waals surface area contributed by atoms with Gasteiger partial charge in [0, 0.05) is 35.9 Å². The lowest BCUT2D eigenvalue weighted by molar-refractivity contribution is -0.113. The molecule has 1 saturated heterocycles. The molecule has 5 rings (SSSR count). The van der Waals surface area contributed by atoms with Crippen molar-refractivity contribution in [2.45, 2.75) is 24.1 Å². The number of nitrogens with one attached hydrogen (secondary N) is 1. The Kier molecular flexibility index (Phi) is 5.02. The number of amides is 1. The van der Waals surface area contributed by atoms with Crippen LogP contribution in [0.2, 0.25) is 5.02 Å². The first-order valence-corrected chi connectivity index (χ1v) is 11.2. The molecule has 1 aromatic carbocycles. The average Bonchev–Trinajstić information content (AvgIpc) is 3.45. The van der Waals surface area contributed by atoms with Crippen LogP contribution in [0.1, 0.15) is 23.7 Å². The SMILES string of the molecule is CN[C@H]1CCN(c2ccc(N3CC4=C(SC(c5ccc(Cl)cc5)C4)C3=O)cn2)C1. The normalized spacial score (nSPS) is 24.0. The molecule has 1 unspecified atom stereocenters. The average molecular weight is 427 g/mol. The molecule has 2 aromatic rings. The first-order valence-electron chi connectivity index (χ1n) is 9.96. The van der Waals surface area contributed by atoms with Crippen molar-refractivity contribution >= 4 is 40.8 Å². The summed E-state index contributed by atoms with van der Waals surface area (Å²) in [5.41, 5.74) is 3.34. The molecule has 0 aliphatic carbocycles. The number of carbonyl (C=O) groups excluding carboxylic acids is 1. The number of thioether (sulfide) groups is 1. The summed E-state index contributed by atoms with van der Waals surface area (Å²) in [6.07, 6.45) is 3.88. The van der Waals surface area contributed by atoms with E-state index in [1.54, 1.807) is 11.8 Å². The Morgan fingerprint density at radius 2 is 2.03 bits per heavy atom. The highest BCUT2D eigenvalue weighted by Gasteiger charge is 2.39. The minimum absolute atomic E-state index is 0.104. The molecule has 2 atom stereocenters. The van der Waals surface area contributed by atoms with Crippen LogP contribution in [0.25, 0.3) is 0 Å². The number of pyridine rings is 1. The number of nitrogens with zero attached hydrogens (tertiary/aromatic N) is 3. The van der Waals surface area contributed by atoms with Crippen LogP contribution in [-0.4, -0.2) is 43.6 Å². The molecule has 3 aliphatic heterocycles. The standard InChI is InChI=1S/C22H23ClN4OS/c1-24-17-8-9-26(13-17)20-7-6-18(11-25-20)27-12-15-10-19(29-21(15)22(27)28)14-2-4-16(23)5-3-14/h2-7,11,17,19,24H,8-10,12-13H2,1H3/t17-,19?/m0/s1. The third-order valence-corrected chi connectivity index (χ3v) is 7.68. The molecule has 1 fully saturated rings. The van der Waals surface area contributed by atoms with Crippen LogP contribution >= 0.6 is 23.4 Å². The van der Waals surface area contributed by atoms with Crippen molar-refractivity contribution in [1.82, 2.24) is 10.3 Å². The molecule has 1 amide bonds. The highest BCUT2D eigenvalue weighted by Crippen LogP contribution is 2.51. The molecule has 1 N–H and O–H groups in total. The van der Waals surface area contributed by atoms with Crippen LogP contribution in [0.15, 0.2) is 53.1 Å². The van der Waals surface area contributed by atoms with Gasteiger partial charge in [0.1, 0.15) is 5.82 Å². The largest absolute Gasteiger partial charge is 0.355 e. The smallest absolute Gasteiger partial charge is 0.265 e. The van der Waals surface area contributed by atoms with Crippen LogP contribution in [0.5, 0.6) is 0 Å². The summed E-state index contributed by atoms with van der Waals surface area (Å²) in [6.45, 7) is 2.65. The van der Waals surface area contributed by atoms with Gasteiger partial charge in [0.15, 0.2) is 0 Å². The number of rotatable bonds is 4. The quantitative estimate of drug-likeness (QED) is 0.800. The Morgan fingerprint density at radius 3 is 2.69 bits per heavy atom. The second-order valence-electron chi connectivity index (χ2n) is 7.78. The van der Waals surface area contributed by atoms with Crippen molar-refractivity contribution in [2.75, 3.05) is 36.5 Å². The Labute approximate surface area is 180 Å². The lowest BCUT2D eigenvalue weighted by Gasteiger charge is -2.22. The molecule has 1 aromatic heterocycles. The first kappa shape index (κ1) is 19.0. The lowest BCUT2D eigenvalue weighted by Crippen LogP contribution is -2.30. The van der Waals surface area contributed by atoms with E-state index in [1.165, 1.54) is 11.1 Å². The van der Waals surface area contributed by atoms with Gasteiger partial charge in [-0.3, -0.25) is 4.79 Å². The molecule has 29 heavy (non-hydrogen) atoms. The summed E-state index contributed by atoms with van der Waals surface area (Å²) in [6, 6.07) is 12.5. The summed E-state index contributed by atoms with van der Waals surface area (Å²) < 4.78 is 0. The number of halogens is 1.